The van der Waals surface area contributed by atoms with E-state index in [2.05, 4.69) is 10.6 Å². The minimum Gasteiger partial charge on any atom is -0.481 e. The van der Waals surface area contributed by atoms with E-state index in [9.17, 15) is 14.4 Å². The number of hydrogen-bond donors (Lipinski definition) is 3. The molecule has 0 saturated carbocycles. The zero-order chi connectivity index (χ0) is 17.0. The number of carbonyl (C=O) groups excluding carboxylic acids is 2. The second-order valence-electron chi connectivity index (χ2n) is 6.07. The molecule has 1 heterocycles. The van der Waals surface area contributed by atoms with E-state index >= 15 is 0 Å². The summed E-state index contributed by atoms with van der Waals surface area (Å²) in [4.78, 5) is 34.9. The van der Waals surface area contributed by atoms with Gasteiger partial charge in [0.25, 0.3) is 0 Å². The maximum Gasteiger partial charge on any atom is 0.308 e. The molecule has 0 fully saturated rings. The monoisotopic (exact) mass is 318 g/mol. The molecule has 3 atom stereocenters. The topological polar surface area (TPSA) is 95.5 Å². The molecule has 3 unspecified atom stereocenters. The summed E-state index contributed by atoms with van der Waals surface area (Å²) < 4.78 is 0. The Kier molecular flexibility index (Phi) is 5.36. The number of anilines is 1. The van der Waals surface area contributed by atoms with Crippen molar-refractivity contribution in [3.63, 3.8) is 0 Å². The van der Waals surface area contributed by atoms with Crippen LogP contribution >= 0.6 is 0 Å². The summed E-state index contributed by atoms with van der Waals surface area (Å²) in [5.41, 5.74) is 1.91. The molecule has 124 valence electrons. The average Bonchev–Trinajstić information content (AvgIpc) is 2.51. The molecule has 6 heteroatoms. The Morgan fingerprint density at radius 3 is 2.74 bits per heavy atom. The number of carbonyl (C=O) groups is 3. The highest BCUT2D eigenvalue weighted by molar-refractivity contribution is 5.96. The van der Waals surface area contributed by atoms with E-state index in [1.165, 1.54) is 0 Å². The number of carboxylic acids is 1. The number of benzene rings is 1. The number of para-hydroxylation sites is 1. The van der Waals surface area contributed by atoms with Crippen LogP contribution in [-0.4, -0.2) is 28.9 Å². The second kappa shape index (κ2) is 7.26. The van der Waals surface area contributed by atoms with Crippen LogP contribution in [0, 0.1) is 11.8 Å². The maximum atomic E-state index is 12.1. The summed E-state index contributed by atoms with van der Waals surface area (Å²) in [6, 6.07) is 7.19. The van der Waals surface area contributed by atoms with Gasteiger partial charge in [-0.2, -0.15) is 0 Å². The number of amides is 2. The van der Waals surface area contributed by atoms with Crippen LogP contribution in [0.2, 0.25) is 0 Å². The Morgan fingerprint density at radius 1 is 1.35 bits per heavy atom. The highest BCUT2D eigenvalue weighted by atomic mass is 16.4. The molecule has 1 aromatic carbocycles. The molecule has 0 saturated heterocycles. The Labute approximate surface area is 135 Å². The Bertz CT molecular complexity index is 614. The second-order valence-corrected chi connectivity index (χ2v) is 6.07. The molecule has 1 aromatic rings. The highest BCUT2D eigenvalue weighted by Gasteiger charge is 2.27. The van der Waals surface area contributed by atoms with Gasteiger partial charge in [0.2, 0.25) is 11.8 Å². The van der Waals surface area contributed by atoms with Crippen molar-refractivity contribution in [1.29, 1.82) is 0 Å². The van der Waals surface area contributed by atoms with E-state index in [4.69, 9.17) is 5.11 Å². The first-order chi connectivity index (χ1) is 10.9. The van der Waals surface area contributed by atoms with E-state index in [1.54, 1.807) is 13.8 Å². The van der Waals surface area contributed by atoms with Gasteiger partial charge in [-0.15, -0.1) is 0 Å². The predicted octanol–water partition coefficient (Wildman–Crippen LogP) is 1.80. The first-order valence-corrected chi connectivity index (χ1v) is 7.79. The minimum absolute atomic E-state index is 0.0662. The van der Waals surface area contributed by atoms with Gasteiger partial charge in [-0.3, -0.25) is 14.4 Å². The fourth-order valence-corrected chi connectivity index (χ4v) is 2.62. The third kappa shape index (κ3) is 4.31. The molecule has 1 aliphatic heterocycles. The lowest BCUT2D eigenvalue weighted by Crippen LogP contribution is -2.40. The summed E-state index contributed by atoms with van der Waals surface area (Å²) in [7, 11) is 0. The molecule has 2 amide bonds. The molecule has 0 spiro atoms. The van der Waals surface area contributed by atoms with Crippen molar-refractivity contribution < 1.29 is 19.5 Å². The van der Waals surface area contributed by atoms with Gasteiger partial charge >= 0.3 is 5.97 Å². The lowest BCUT2D eigenvalue weighted by atomic mass is 9.89. The quantitative estimate of drug-likeness (QED) is 0.745. The number of fused-ring (bicyclic) bond motifs is 1. The van der Waals surface area contributed by atoms with Crippen LogP contribution in [0.1, 0.15) is 32.3 Å². The molecule has 0 aromatic heterocycles. The third-order valence-electron chi connectivity index (χ3n) is 4.36. The zero-order valence-electron chi connectivity index (χ0n) is 13.3. The molecule has 0 aliphatic carbocycles. The molecule has 0 bridgehead atoms. The van der Waals surface area contributed by atoms with Gasteiger partial charge in [-0.05, 0) is 38.3 Å². The fourth-order valence-electron chi connectivity index (χ4n) is 2.62. The van der Waals surface area contributed by atoms with Gasteiger partial charge < -0.3 is 15.7 Å². The number of nitrogens with one attached hydrogen (secondary N) is 2. The molecule has 0 radical (unpaired) electrons. The summed E-state index contributed by atoms with van der Waals surface area (Å²) in [6.45, 7) is 3.22. The van der Waals surface area contributed by atoms with Gasteiger partial charge in [-0.25, -0.2) is 0 Å². The molecule has 2 rings (SSSR count). The summed E-state index contributed by atoms with van der Waals surface area (Å²) in [6.07, 6.45) is 1.27. The van der Waals surface area contributed by atoms with Crippen molar-refractivity contribution in [1.82, 2.24) is 5.32 Å². The predicted molar refractivity (Wildman–Crippen MR) is 85.9 cm³/mol. The Balaban J connectivity index is 1.85. The van der Waals surface area contributed by atoms with Gasteiger partial charge in [0, 0.05) is 24.1 Å². The Morgan fingerprint density at radius 2 is 2.04 bits per heavy atom. The molecule has 6 nitrogen and oxygen atoms in total. The summed E-state index contributed by atoms with van der Waals surface area (Å²) >= 11 is 0. The van der Waals surface area contributed by atoms with E-state index < -0.39 is 17.9 Å². The van der Waals surface area contributed by atoms with Crippen LogP contribution < -0.4 is 10.6 Å². The van der Waals surface area contributed by atoms with E-state index in [0.717, 1.165) is 11.3 Å². The van der Waals surface area contributed by atoms with Gasteiger partial charge in [0.05, 0.1) is 5.92 Å². The van der Waals surface area contributed by atoms with Crippen molar-refractivity contribution in [2.75, 3.05) is 5.32 Å². The number of carboxylic acid groups (broad SMARTS) is 1. The molecule has 3 N–H and O–H groups in total. The fraction of sp³-hybridized carbons (Fsp3) is 0.471. The van der Waals surface area contributed by atoms with Gasteiger partial charge in [-0.1, -0.05) is 18.2 Å². The maximum absolute atomic E-state index is 12.1. The van der Waals surface area contributed by atoms with Crippen molar-refractivity contribution in [3.05, 3.63) is 29.8 Å². The number of hydrogen-bond acceptors (Lipinski definition) is 3. The molecular weight excluding hydrogens is 296 g/mol. The summed E-state index contributed by atoms with van der Waals surface area (Å²) in [5.74, 6) is -2.12. The first kappa shape index (κ1) is 17.0. The van der Waals surface area contributed by atoms with E-state index in [0.29, 0.717) is 12.8 Å². The minimum atomic E-state index is -0.943. The number of rotatable bonds is 6. The van der Waals surface area contributed by atoms with E-state index in [-0.39, 0.29) is 24.2 Å². The lowest BCUT2D eigenvalue weighted by Gasteiger charge is -2.24. The van der Waals surface area contributed by atoms with Crippen molar-refractivity contribution in [2.45, 2.75) is 39.2 Å². The SMILES string of the molecule is CC(NC(=O)CCC1Cc2ccccc2NC1=O)C(C)C(=O)O. The van der Waals surface area contributed by atoms with Crippen LogP contribution in [0.4, 0.5) is 5.69 Å². The third-order valence-corrected chi connectivity index (χ3v) is 4.36. The zero-order valence-corrected chi connectivity index (χ0v) is 13.3. The largest absolute Gasteiger partial charge is 0.481 e. The van der Waals surface area contributed by atoms with Gasteiger partial charge in [0.15, 0.2) is 0 Å². The molecule has 23 heavy (non-hydrogen) atoms. The standard InChI is InChI=1S/C17H22N2O4/c1-10(17(22)23)11(2)18-15(20)8-7-13-9-12-5-3-4-6-14(12)19-16(13)21/h3-6,10-11,13H,7-9H2,1-2H3,(H,18,20)(H,19,21)(H,22,23). The normalized spacial score (nSPS) is 19.2. The van der Waals surface area contributed by atoms with Crippen LogP contribution in [0.25, 0.3) is 0 Å². The Hall–Kier alpha value is -2.37. The van der Waals surface area contributed by atoms with Crippen LogP contribution in [-0.2, 0) is 20.8 Å². The highest BCUT2D eigenvalue weighted by Crippen LogP contribution is 2.27. The number of aliphatic carboxylic acids is 1. The molecule has 1 aliphatic rings. The molecular formula is C17H22N2O4. The first-order valence-electron chi connectivity index (χ1n) is 7.79. The van der Waals surface area contributed by atoms with Crippen LogP contribution in [0.5, 0.6) is 0 Å². The lowest BCUT2D eigenvalue weighted by molar-refractivity contribution is -0.142. The van der Waals surface area contributed by atoms with Gasteiger partial charge in [0.1, 0.15) is 0 Å². The van der Waals surface area contributed by atoms with Crippen molar-refractivity contribution in [3.8, 4) is 0 Å². The van der Waals surface area contributed by atoms with Crippen molar-refractivity contribution >= 4 is 23.5 Å². The van der Waals surface area contributed by atoms with Crippen LogP contribution in [0.3, 0.4) is 0 Å². The van der Waals surface area contributed by atoms with Crippen LogP contribution in [0.15, 0.2) is 24.3 Å². The average molecular weight is 318 g/mol. The van der Waals surface area contributed by atoms with E-state index in [1.807, 2.05) is 24.3 Å². The smallest absolute Gasteiger partial charge is 0.308 e. The summed E-state index contributed by atoms with van der Waals surface area (Å²) in [5, 5.41) is 14.5. The van der Waals surface area contributed by atoms with Crippen molar-refractivity contribution in [2.24, 2.45) is 11.8 Å².